The van der Waals surface area contributed by atoms with Crippen molar-refractivity contribution in [1.29, 1.82) is 0 Å². The van der Waals surface area contributed by atoms with Gasteiger partial charge in [0.25, 0.3) is 11.8 Å². The molecule has 5 N–H and O–H groups in total. The van der Waals surface area contributed by atoms with Gasteiger partial charge in [-0.15, -0.1) is 0 Å². The van der Waals surface area contributed by atoms with E-state index in [-0.39, 0.29) is 11.5 Å². The standard InChI is InChI=1S/C19H20ClIN2O3.C14H12ClIN2O2/c1-12-10-14(21)6-8-16(12)22-17-7-5-13(20)11-15(17)19(24)23-26-18-4-2-3-9-25-18;1-8-6-10(16)3-5-12(8)17-13-4-2-9(15)7-11(13)14(19)18-20/h5-8,10-11,18,22H,2-4,9H2,1H3,(H,23,24);2-7,17,20H,1H3,(H,18,19). The Hall–Kier alpha value is -2.66. The van der Waals surface area contributed by atoms with Gasteiger partial charge in [0.1, 0.15) is 0 Å². The molecule has 0 aromatic heterocycles. The first kappa shape index (κ1) is 36.2. The molecule has 0 saturated carbocycles. The first-order valence-electron chi connectivity index (χ1n) is 14.2. The number of carbonyl (C=O) groups excluding carboxylic acids is 2. The van der Waals surface area contributed by atoms with Gasteiger partial charge in [-0.2, -0.15) is 0 Å². The summed E-state index contributed by atoms with van der Waals surface area (Å²) in [4.78, 5) is 29.6. The molecule has 0 bridgehead atoms. The summed E-state index contributed by atoms with van der Waals surface area (Å²) in [6.45, 7) is 4.65. The highest BCUT2D eigenvalue weighted by Crippen LogP contribution is 2.29. The molecule has 46 heavy (non-hydrogen) atoms. The number of aryl methyl sites for hydroxylation is 2. The number of hydrogen-bond donors (Lipinski definition) is 5. The van der Waals surface area contributed by atoms with Gasteiger partial charge in [-0.25, -0.2) is 15.8 Å². The van der Waals surface area contributed by atoms with E-state index < -0.39 is 12.2 Å². The molecule has 1 heterocycles. The molecule has 242 valence electrons. The lowest BCUT2D eigenvalue weighted by atomic mass is 10.1. The number of carbonyl (C=O) groups is 2. The second-order valence-electron chi connectivity index (χ2n) is 10.3. The average molecular weight is 889 g/mol. The highest BCUT2D eigenvalue weighted by molar-refractivity contribution is 14.1. The molecule has 2 amide bonds. The van der Waals surface area contributed by atoms with Gasteiger partial charge >= 0.3 is 0 Å². The van der Waals surface area contributed by atoms with Gasteiger partial charge in [0.15, 0.2) is 6.29 Å². The Kier molecular flexibility index (Phi) is 13.7. The SMILES string of the molecule is Cc1cc(I)ccc1Nc1ccc(Cl)cc1C(=O)NO.Cc1cc(I)ccc1Nc1ccc(Cl)cc1C(=O)NOC1CCCCO1. The smallest absolute Gasteiger partial charge is 0.277 e. The fourth-order valence-corrected chi connectivity index (χ4v) is 6.13. The number of anilines is 4. The van der Waals surface area contributed by atoms with E-state index in [4.69, 9.17) is 38.0 Å². The highest BCUT2D eigenvalue weighted by Gasteiger charge is 2.19. The van der Waals surface area contributed by atoms with Crippen molar-refractivity contribution in [3.63, 3.8) is 0 Å². The molecular formula is C33H32Cl2I2N4O5. The third-order valence-corrected chi connectivity index (χ3v) is 8.70. The normalized spacial score (nSPS) is 14.0. The summed E-state index contributed by atoms with van der Waals surface area (Å²) < 4.78 is 7.75. The van der Waals surface area contributed by atoms with Gasteiger partial charge in [0.05, 0.1) is 22.5 Å². The van der Waals surface area contributed by atoms with Crippen LogP contribution >= 0.6 is 68.4 Å². The number of rotatable bonds is 8. The van der Waals surface area contributed by atoms with Crippen LogP contribution in [0, 0.1) is 21.0 Å². The molecule has 13 heteroatoms. The van der Waals surface area contributed by atoms with Crippen molar-refractivity contribution in [2.75, 3.05) is 17.2 Å². The molecule has 0 spiro atoms. The zero-order valence-electron chi connectivity index (χ0n) is 24.9. The Morgan fingerprint density at radius 2 is 1.26 bits per heavy atom. The van der Waals surface area contributed by atoms with Gasteiger partial charge in [-0.3, -0.25) is 14.8 Å². The zero-order valence-corrected chi connectivity index (χ0v) is 30.8. The van der Waals surface area contributed by atoms with Gasteiger partial charge in [-0.1, -0.05) is 23.2 Å². The van der Waals surface area contributed by atoms with Crippen LogP contribution in [-0.4, -0.2) is 29.9 Å². The van der Waals surface area contributed by atoms with Crippen molar-refractivity contribution < 1.29 is 24.4 Å². The molecule has 1 saturated heterocycles. The fourth-order valence-electron chi connectivity index (χ4n) is 4.49. The Labute approximate surface area is 304 Å². The van der Waals surface area contributed by atoms with Crippen LogP contribution in [0.15, 0.2) is 72.8 Å². The average Bonchev–Trinajstić information content (AvgIpc) is 3.04. The quantitative estimate of drug-likeness (QED) is 0.0680. The number of nitrogens with one attached hydrogen (secondary N) is 4. The Bertz CT molecular complexity index is 1700. The minimum Gasteiger partial charge on any atom is -0.355 e. The van der Waals surface area contributed by atoms with Crippen molar-refractivity contribution >= 4 is 103 Å². The van der Waals surface area contributed by atoms with Crippen LogP contribution in [0.1, 0.15) is 51.1 Å². The van der Waals surface area contributed by atoms with Crippen LogP contribution < -0.4 is 21.6 Å². The second kappa shape index (κ2) is 17.5. The van der Waals surface area contributed by atoms with E-state index in [9.17, 15) is 9.59 Å². The molecule has 4 aromatic carbocycles. The van der Waals surface area contributed by atoms with E-state index in [0.29, 0.717) is 33.6 Å². The number of hydroxylamine groups is 2. The Balaban J connectivity index is 0.000000216. The van der Waals surface area contributed by atoms with Gasteiger partial charge in [0, 0.05) is 41.6 Å². The lowest BCUT2D eigenvalue weighted by molar-refractivity contribution is -0.186. The summed E-state index contributed by atoms with van der Waals surface area (Å²) in [6, 6.07) is 22.0. The number of benzene rings is 4. The molecule has 1 atom stereocenters. The molecule has 1 aliphatic rings. The summed E-state index contributed by atoms with van der Waals surface area (Å²) >= 11 is 16.5. The van der Waals surface area contributed by atoms with E-state index in [1.807, 2.05) is 44.2 Å². The lowest BCUT2D eigenvalue weighted by Crippen LogP contribution is -2.33. The molecule has 0 radical (unpaired) electrons. The van der Waals surface area contributed by atoms with E-state index >= 15 is 0 Å². The minimum atomic E-state index is -0.613. The molecule has 0 aliphatic carbocycles. The number of hydrogen-bond acceptors (Lipinski definition) is 7. The highest BCUT2D eigenvalue weighted by atomic mass is 127. The summed E-state index contributed by atoms with van der Waals surface area (Å²) in [5, 5.41) is 16.2. The van der Waals surface area contributed by atoms with Crippen molar-refractivity contribution in [1.82, 2.24) is 11.0 Å². The topological polar surface area (TPSA) is 121 Å². The van der Waals surface area contributed by atoms with Gasteiger partial charge in [-0.05, 0) is 156 Å². The minimum absolute atomic E-state index is 0.276. The van der Waals surface area contributed by atoms with Crippen LogP contribution in [-0.2, 0) is 9.57 Å². The number of halogens is 4. The summed E-state index contributed by atoms with van der Waals surface area (Å²) in [5.41, 5.74) is 9.98. The first-order chi connectivity index (χ1) is 22.0. The Morgan fingerprint density at radius 1 is 0.761 bits per heavy atom. The van der Waals surface area contributed by atoms with Crippen molar-refractivity contribution in [3.05, 3.63) is 112 Å². The summed E-state index contributed by atoms with van der Waals surface area (Å²) in [7, 11) is 0. The molecular weight excluding hydrogens is 857 g/mol. The monoisotopic (exact) mass is 888 g/mol. The largest absolute Gasteiger partial charge is 0.355 e. The zero-order chi connectivity index (χ0) is 33.2. The third kappa shape index (κ3) is 10.4. The first-order valence-corrected chi connectivity index (χ1v) is 17.1. The third-order valence-electron chi connectivity index (χ3n) is 6.89. The second-order valence-corrected chi connectivity index (χ2v) is 13.7. The summed E-state index contributed by atoms with van der Waals surface area (Å²) in [6.07, 6.45) is 2.41. The van der Waals surface area contributed by atoms with Crippen LogP contribution in [0.3, 0.4) is 0 Å². The van der Waals surface area contributed by atoms with E-state index in [0.717, 1.165) is 48.9 Å². The van der Waals surface area contributed by atoms with Gasteiger partial charge in [0.2, 0.25) is 0 Å². The van der Waals surface area contributed by atoms with Gasteiger partial charge < -0.3 is 15.4 Å². The van der Waals surface area contributed by atoms with Crippen LogP contribution in [0.5, 0.6) is 0 Å². The maximum atomic E-state index is 12.6. The molecule has 1 fully saturated rings. The maximum absolute atomic E-state index is 12.6. The van der Waals surface area contributed by atoms with Crippen LogP contribution in [0.25, 0.3) is 0 Å². The van der Waals surface area contributed by atoms with E-state index in [1.165, 1.54) is 6.07 Å². The Morgan fingerprint density at radius 3 is 1.72 bits per heavy atom. The molecule has 1 aliphatic heterocycles. The van der Waals surface area contributed by atoms with Crippen LogP contribution in [0.4, 0.5) is 22.7 Å². The maximum Gasteiger partial charge on any atom is 0.277 e. The van der Waals surface area contributed by atoms with Crippen molar-refractivity contribution in [2.45, 2.75) is 39.4 Å². The molecule has 9 nitrogen and oxygen atoms in total. The summed E-state index contributed by atoms with van der Waals surface area (Å²) in [5.74, 6) is -0.981. The van der Waals surface area contributed by atoms with E-state index in [1.54, 1.807) is 35.8 Å². The van der Waals surface area contributed by atoms with Crippen molar-refractivity contribution in [3.8, 4) is 0 Å². The molecule has 1 unspecified atom stereocenters. The predicted molar refractivity (Wildman–Crippen MR) is 199 cm³/mol. The number of ether oxygens (including phenoxy) is 1. The fraction of sp³-hybridized carbons (Fsp3) is 0.212. The van der Waals surface area contributed by atoms with Crippen molar-refractivity contribution in [2.24, 2.45) is 0 Å². The van der Waals surface area contributed by atoms with E-state index in [2.05, 4.69) is 67.4 Å². The lowest BCUT2D eigenvalue weighted by Gasteiger charge is -2.22. The molecule has 5 rings (SSSR count). The number of amides is 2. The van der Waals surface area contributed by atoms with Crippen LogP contribution in [0.2, 0.25) is 10.0 Å². The predicted octanol–water partition coefficient (Wildman–Crippen LogP) is 9.30. The molecule has 4 aromatic rings.